The number of nitrogens with one attached hydrogen (secondary N) is 2. The van der Waals surface area contributed by atoms with Crippen molar-refractivity contribution >= 4 is 11.9 Å². The zero-order valence-corrected chi connectivity index (χ0v) is 11.6. The second-order valence-corrected chi connectivity index (χ2v) is 5.44. The third-order valence-electron chi connectivity index (χ3n) is 4.19. The highest BCUT2D eigenvalue weighted by molar-refractivity contribution is 5.82. The number of hydrogen-bond donors (Lipinski definition) is 2. The Morgan fingerprint density at radius 3 is 3.00 bits per heavy atom. The van der Waals surface area contributed by atoms with E-state index in [0.717, 1.165) is 6.54 Å². The van der Waals surface area contributed by atoms with Crippen molar-refractivity contribution in [2.24, 2.45) is 11.8 Å². The molecule has 0 spiro atoms. The maximum atomic E-state index is 12.1. The van der Waals surface area contributed by atoms with E-state index in [0.29, 0.717) is 37.8 Å². The van der Waals surface area contributed by atoms with Crippen LogP contribution in [0.3, 0.4) is 0 Å². The fourth-order valence-electron chi connectivity index (χ4n) is 3.26. The summed E-state index contributed by atoms with van der Waals surface area (Å²) in [6, 6.07) is -0.0184. The van der Waals surface area contributed by atoms with Crippen LogP contribution in [-0.2, 0) is 14.3 Å². The normalized spacial score (nSPS) is 29.0. The topological polar surface area (TPSA) is 67.4 Å². The second kappa shape index (κ2) is 6.89. The Morgan fingerprint density at radius 1 is 1.37 bits per heavy atom. The minimum atomic E-state index is -0.188. The highest BCUT2D eigenvalue weighted by atomic mass is 16.5. The Labute approximate surface area is 114 Å². The molecule has 0 aromatic carbocycles. The summed E-state index contributed by atoms with van der Waals surface area (Å²) in [7, 11) is 0. The van der Waals surface area contributed by atoms with Crippen LogP contribution in [0.15, 0.2) is 0 Å². The largest absolute Gasteiger partial charge is 0.466 e. The molecule has 1 aliphatic carbocycles. The van der Waals surface area contributed by atoms with E-state index in [1.807, 2.05) is 0 Å². The molecule has 2 rings (SSSR count). The molecule has 1 heterocycles. The van der Waals surface area contributed by atoms with Gasteiger partial charge in [0.15, 0.2) is 0 Å². The van der Waals surface area contributed by atoms with Gasteiger partial charge in [-0.3, -0.25) is 9.59 Å². The molecule has 2 N–H and O–H groups in total. The van der Waals surface area contributed by atoms with E-state index in [1.54, 1.807) is 6.92 Å². The average Bonchev–Trinajstić information content (AvgIpc) is 2.96. The first-order valence-corrected chi connectivity index (χ1v) is 7.39. The van der Waals surface area contributed by atoms with E-state index < -0.39 is 0 Å². The molecule has 2 fully saturated rings. The molecule has 0 bridgehead atoms. The van der Waals surface area contributed by atoms with E-state index in [1.165, 1.54) is 19.3 Å². The van der Waals surface area contributed by atoms with E-state index in [4.69, 9.17) is 4.74 Å². The molecule has 1 saturated heterocycles. The minimum absolute atomic E-state index is 0.0184. The lowest BCUT2D eigenvalue weighted by Crippen LogP contribution is -2.44. The summed E-state index contributed by atoms with van der Waals surface area (Å²) in [6.07, 6.45) is 4.69. The first-order valence-electron chi connectivity index (χ1n) is 7.39. The Hall–Kier alpha value is -1.10. The number of ether oxygens (including phenoxy) is 1. The van der Waals surface area contributed by atoms with Crippen LogP contribution in [0.1, 0.15) is 39.0 Å². The zero-order valence-electron chi connectivity index (χ0n) is 11.6. The van der Waals surface area contributed by atoms with Crippen molar-refractivity contribution in [3.8, 4) is 0 Å². The molecule has 5 nitrogen and oxygen atoms in total. The van der Waals surface area contributed by atoms with Gasteiger partial charge in [-0.25, -0.2) is 0 Å². The predicted molar refractivity (Wildman–Crippen MR) is 71.5 cm³/mol. The Morgan fingerprint density at radius 2 is 2.21 bits per heavy atom. The van der Waals surface area contributed by atoms with Crippen molar-refractivity contribution in [1.29, 1.82) is 0 Å². The molecule has 0 aromatic rings. The van der Waals surface area contributed by atoms with Crippen molar-refractivity contribution < 1.29 is 14.3 Å². The van der Waals surface area contributed by atoms with Gasteiger partial charge in [0, 0.05) is 13.0 Å². The van der Waals surface area contributed by atoms with Crippen LogP contribution in [0.4, 0.5) is 0 Å². The van der Waals surface area contributed by atoms with Crippen molar-refractivity contribution in [3.05, 3.63) is 0 Å². The third kappa shape index (κ3) is 3.69. The maximum Gasteiger partial charge on any atom is 0.305 e. The van der Waals surface area contributed by atoms with Crippen molar-refractivity contribution in [1.82, 2.24) is 10.6 Å². The number of rotatable bonds is 6. The molecule has 19 heavy (non-hydrogen) atoms. The molecule has 1 saturated carbocycles. The molecule has 0 aromatic heterocycles. The van der Waals surface area contributed by atoms with Crippen molar-refractivity contribution in [2.75, 3.05) is 19.7 Å². The Balaban J connectivity index is 1.63. The van der Waals surface area contributed by atoms with Gasteiger partial charge in [0.1, 0.15) is 0 Å². The molecular formula is C14H24N2O3. The van der Waals surface area contributed by atoms with Crippen LogP contribution in [-0.4, -0.2) is 37.6 Å². The Kier molecular flexibility index (Phi) is 5.19. The van der Waals surface area contributed by atoms with Crippen LogP contribution in [0.5, 0.6) is 0 Å². The molecule has 0 radical (unpaired) electrons. The summed E-state index contributed by atoms with van der Waals surface area (Å²) in [5, 5.41) is 6.25. The van der Waals surface area contributed by atoms with Gasteiger partial charge < -0.3 is 15.4 Å². The average molecular weight is 268 g/mol. The molecule has 5 heteroatoms. The van der Waals surface area contributed by atoms with Crippen LogP contribution < -0.4 is 10.6 Å². The molecule has 2 aliphatic rings. The Bertz CT molecular complexity index is 333. The quantitative estimate of drug-likeness (QED) is 0.553. The van der Waals surface area contributed by atoms with Crippen LogP contribution in [0.2, 0.25) is 0 Å². The minimum Gasteiger partial charge on any atom is -0.466 e. The smallest absolute Gasteiger partial charge is 0.305 e. The molecule has 3 atom stereocenters. The lowest BCUT2D eigenvalue weighted by molar-refractivity contribution is -0.143. The van der Waals surface area contributed by atoms with Gasteiger partial charge in [-0.2, -0.15) is 0 Å². The van der Waals surface area contributed by atoms with Gasteiger partial charge in [0.05, 0.1) is 12.6 Å². The van der Waals surface area contributed by atoms with E-state index >= 15 is 0 Å². The SMILES string of the molecule is CCOC(=O)CCCNC(=O)C1NCC2CCCC21. The monoisotopic (exact) mass is 268 g/mol. The molecule has 108 valence electrons. The zero-order chi connectivity index (χ0) is 13.7. The molecule has 1 amide bonds. The molecule has 1 aliphatic heterocycles. The van der Waals surface area contributed by atoms with Gasteiger partial charge in [-0.15, -0.1) is 0 Å². The fourth-order valence-corrected chi connectivity index (χ4v) is 3.26. The summed E-state index contributed by atoms with van der Waals surface area (Å²) in [4.78, 5) is 23.2. The summed E-state index contributed by atoms with van der Waals surface area (Å²) in [5.74, 6) is 1.12. The number of carbonyl (C=O) groups excluding carboxylic acids is 2. The number of amides is 1. The summed E-state index contributed by atoms with van der Waals surface area (Å²) >= 11 is 0. The standard InChI is InChI=1S/C14H24N2O3/c1-2-19-12(17)7-4-8-15-14(18)13-11-6-3-5-10(11)9-16-13/h10-11,13,16H,2-9H2,1H3,(H,15,18). The van der Waals surface area contributed by atoms with Gasteiger partial charge in [0.25, 0.3) is 0 Å². The maximum absolute atomic E-state index is 12.1. The predicted octanol–water partition coefficient (Wildman–Crippen LogP) is 0.834. The molecular weight excluding hydrogens is 244 g/mol. The first kappa shape index (κ1) is 14.3. The number of hydrogen-bond acceptors (Lipinski definition) is 4. The van der Waals surface area contributed by atoms with Gasteiger partial charge >= 0.3 is 5.97 Å². The van der Waals surface area contributed by atoms with Crippen LogP contribution >= 0.6 is 0 Å². The summed E-state index contributed by atoms with van der Waals surface area (Å²) in [6.45, 7) is 3.74. The van der Waals surface area contributed by atoms with E-state index in [-0.39, 0.29) is 17.9 Å². The lowest BCUT2D eigenvalue weighted by atomic mass is 9.93. The number of esters is 1. The van der Waals surface area contributed by atoms with Crippen molar-refractivity contribution in [2.45, 2.75) is 45.1 Å². The van der Waals surface area contributed by atoms with E-state index in [2.05, 4.69) is 10.6 Å². The second-order valence-electron chi connectivity index (χ2n) is 5.44. The van der Waals surface area contributed by atoms with Gasteiger partial charge in [-0.1, -0.05) is 6.42 Å². The fraction of sp³-hybridized carbons (Fsp3) is 0.857. The lowest BCUT2D eigenvalue weighted by Gasteiger charge is -2.17. The highest BCUT2D eigenvalue weighted by Gasteiger charge is 2.42. The van der Waals surface area contributed by atoms with Crippen LogP contribution in [0, 0.1) is 11.8 Å². The van der Waals surface area contributed by atoms with Gasteiger partial charge in [-0.05, 0) is 44.6 Å². The van der Waals surface area contributed by atoms with Crippen molar-refractivity contribution in [3.63, 3.8) is 0 Å². The first-order chi connectivity index (χ1) is 9.22. The summed E-state index contributed by atoms with van der Waals surface area (Å²) < 4.78 is 4.84. The summed E-state index contributed by atoms with van der Waals surface area (Å²) in [5.41, 5.74) is 0. The third-order valence-corrected chi connectivity index (χ3v) is 4.19. The van der Waals surface area contributed by atoms with Gasteiger partial charge in [0.2, 0.25) is 5.91 Å². The van der Waals surface area contributed by atoms with Crippen LogP contribution in [0.25, 0.3) is 0 Å². The van der Waals surface area contributed by atoms with E-state index in [9.17, 15) is 9.59 Å². The number of carbonyl (C=O) groups is 2. The number of fused-ring (bicyclic) bond motifs is 1. The molecule has 3 unspecified atom stereocenters. The highest BCUT2D eigenvalue weighted by Crippen LogP contribution is 2.37.